The number of amides is 1. The summed E-state index contributed by atoms with van der Waals surface area (Å²) in [5.74, 6) is 0. The van der Waals surface area contributed by atoms with Gasteiger partial charge in [0.05, 0.1) is 13.2 Å². The second kappa shape index (κ2) is 7.68. The zero-order valence-electron chi connectivity index (χ0n) is 10.1. The van der Waals surface area contributed by atoms with Crippen LogP contribution >= 0.6 is 0 Å². The molecule has 1 rings (SSSR count). The van der Waals surface area contributed by atoms with E-state index in [0.29, 0.717) is 13.2 Å². The van der Waals surface area contributed by atoms with Crippen LogP contribution in [0.15, 0.2) is 24.3 Å². The molecule has 0 unspecified atom stereocenters. The Kier molecular flexibility index (Phi) is 6.10. The maximum absolute atomic E-state index is 11.3. The SMILES string of the molecule is CCCCOC(=O)NCc1cccc(CO)c1. The normalized spacial score (nSPS) is 10.0. The molecule has 0 fully saturated rings. The average molecular weight is 237 g/mol. The van der Waals surface area contributed by atoms with Gasteiger partial charge in [-0.15, -0.1) is 0 Å². The molecule has 0 heterocycles. The molecule has 4 heteroatoms. The van der Waals surface area contributed by atoms with Gasteiger partial charge in [0.2, 0.25) is 0 Å². The third kappa shape index (κ3) is 5.36. The van der Waals surface area contributed by atoms with Gasteiger partial charge < -0.3 is 15.2 Å². The lowest BCUT2D eigenvalue weighted by atomic mass is 10.1. The van der Waals surface area contributed by atoms with Crippen LogP contribution in [0.5, 0.6) is 0 Å². The molecule has 0 spiro atoms. The van der Waals surface area contributed by atoms with Crippen LogP contribution in [0, 0.1) is 0 Å². The van der Waals surface area contributed by atoms with Crippen molar-refractivity contribution in [1.82, 2.24) is 5.32 Å². The van der Waals surface area contributed by atoms with Crippen molar-refractivity contribution in [3.63, 3.8) is 0 Å². The number of aliphatic hydroxyl groups excluding tert-OH is 1. The van der Waals surface area contributed by atoms with Gasteiger partial charge in [-0.1, -0.05) is 37.6 Å². The molecule has 1 amide bonds. The van der Waals surface area contributed by atoms with Crippen molar-refractivity contribution in [1.29, 1.82) is 0 Å². The highest BCUT2D eigenvalue weighted by Gasteiger charge is 2.01. The molecule has 0 bridgehead atoms. The van der Waals surface area contributed by atoms with Gasteiger partial charge in [-0.05, 0) is 17.5 Å². The minimum Gasteiger partial charge on any atom is -0.450 e. The Morgan fingerprint density at radius 3 is 2.88 bits per heavy atom. The molecule has 0 aliphatic rings. The average Bonchev–Trinajstić information content (AvgIpc) is 2.37. The van der Waals surface area contributed by atoms with Crippen molar-refractivity contribution in [2.45, 2.75) is 32.9 Å². The molecule has 1 aromatic carbocycles. The number of hydrogen-bond acceptors (Lipinski definition) is 3. The van der Waals surface area contributed by atoms with Crippen molar-refractivity contribution in [2.75, 3.05) is 6.61 Å². The van der Waals surface area contributed by atoms with Gasteiger partial charge in [-0.3, -0.25) is 0 Å². The number of rotatable bonds is 6. The van der Waals surface area contributed by atoms with E-state index in [1.54, 1.807) is 0 Å². The Hall–Kier alpha value is -1.55. The highest BCUT2D eigenvalue weighted by molar-refractivity contribution is 5.67. The Labute approximate surface area is 102 Å². The topological polar surface area (TPSA) is 58.6 Å². The standard InChI is InChI=1S/C13H19NO3/c1-2-3-7-17-13(16)14-9-11-5-4-6-12(8-11)10-15/h4-6,8,15H,2-3,7,9-10H2,1H3,(H,14,16). The molecule has 0 aliphatic heterocycles. The molecule has 0 aliphatic carbocycles. The summed E-state index contributed by atoms with van der Waals surface area (Å²) < 4.78 is 4.96. The fourth-order valence-corrected chi connectivity index (χ4v) is 1.37. The molecule has 0 atom stereocenters. The lowest BCUT2D eigenvalue weighted by Crippen LogP contribution is -2.24. The van der Waals surface area contributed by atoms with Gasteiger partial charge >= 0.3 is 6.09 Å². The van der Waals surface area contributed by atoms with Crippen molar-refractivity contribution in [3.05, 3.63) is 35.4 Å². The minimum atomic E-state index is -0.396. The molecule has 2 N–H and O–H groups in total. The van der Waals surface area contributed by atoms with E-state index in [1.165, 1.54) is 0 Å². The van der Waals surface area contributed by atoms with E-state index in [9.17, 15) is 4.79 Å². The summed E-state index contributed by atoms with van der Waals surface area (Å²) in [5, 5.41) is 11.6. The molecular weight excluding hydrogens is 218 g/mol. The Morgan fingerprint density at radius 1 is 1.41 bits per heavy atom. The van der Waals surface area contributed by atoms with Crippen molar-refractivity contribution in [3.8, 4) is 0 Å². The van der Waals surface area contributed by atoms with Crippen LogP contribution in [-0.4, -0.2) is 17.8 Å². The highest BCUT2D eigenvalue weighted by atomic mass is 16.5. The fourth-order valence-electron chi connectivity index (χ4n) is 1.37. The molecule has 0 saturated heterocycles. The smallest absolute Gasteiger partial charge is 0.407 e. The Balaban J connectivity index is 2.31. The summed E-state index contributed by atoms with van der Waals surface area (Å²) in [6, 6.07) is 7.44. The maximum Gasteiger partial charge on any atom is 0.407 e. The third-order valence-corrected chi connectivity index (χ3v) is 2.34. The van der Waals surface area contributed by atoms with Crippen LogP contribution in [0.25, 0.3) is 0 Å². The van der Waals surface area contributed by atoms with Crippen molar-refractivity contribution in [2.24, 2.45) is 0 Å². The summed E-state index contributed by atoms with van der Waals surface area (Å²) in [6.07, 6.45) is 1.49. The largest absolute Gasteiger partial charge is 0.450 e. The first-order chi connectivity index (χ1) is 8.26. The third-order valence-electron chi connectivity index (χ3n) is 2.34. The summed E-state index contributed by atoms with van der Waals surface area (Å²) in [4.78, 5) is 11.3. The number of unbranched alkanes of at least 4 members (excludes halogenated alkanes) is 1. The van der Waals surface area contributed by atoms with Gasteiger partial charge in [-0.25, -0.2) is 4.79 Å². The zero-order chi connectivity index (χ0) is 12.5. The number of benzene rings is 1. The van der Waals surface area contributed by atoms with Gasteiger partial charge in [0.15, 0.2) is 0 Å². The number of carbonyl (C=O) groups excluding carboxylic acids is 1. The summed E-state index contributed by atoms with van der Waals surface area (Å²) in [7, 11) is 0. The van der Waals surface area contributed by atoms with E-state index in [4.69, 9.17) is 9.84 Å². The molecule has 0 radical (unpaired) electrons. The number of hydrogen-bond donors (Lipinski definition) is 2. The number of carbonyl (C=O) groups is 1. The number of ether oxygens (including phenoxy) is 1. The lowest BCUT2D eigenvalue weighted by Gasteiger charge is -2.07. The molecule has 0 aromatic heterocycles. The second-order valence-electron chi connectivity index (χ2n) is 3.82. The molecular formula is C13H19NO3. The Bertz CT molecular complexity index is 352. The monoisotopic (exact) mass is 237 g/mol. The first kappa shape index (κ1) is 13.5. The predicted octanol–water partition coefficient (Wildman–Crippen LogP) is 2.21. The molecule has 94 valence electrons. The lowest BCUT2D eigenvalue weighted by molar-refractivity contribution is 0.144. The van der Waals surface area contributed by atoms with Crippen LogP contribution in [0.4, 0.5) is 4.79 Å². The van der Waals surface area contributed by atoms with E-state index in [1.807, 2.05) is 31.2 Å². The van der Waals surface area contributed by atoms with Crippen LogP contribution < -0.4 is 5.32 Å². The minimum absolute atomic E-state index is 0.00872. The van der Waals surface area contributed by atoms with Crippen LogP contribution in [0.1, 0.15) is 30.9 Å². The van der Waals surface area contributed by atoms with Crippen LogP contribution in [0.3, 0.4) is 0 Å². The van der Waals surface area contributed by atoms with E-state index in [2.05, 4.69) is 5.32 Å². The first-order valence-corrected chi connectivity index (χ1v) is 5.85. The van der Waals surface area contributed by atoms with Gasteiger partial charge in [0.1, 0.15) is 0 Å². The number of aliphatic hydroxyl groups is 1. The summed E-state index contributed by atoms with van der Waals surface area (Å²) in [5.41, 5.74) is 1.78. The fraction of sp³-hybridized carbons (Fsp3) is 0.462. The highest BCUT2D eigenvalue weighted by Crippen LogP contribution is 2.04. The molecule has 4 nitrogen and oxygen atoms in total. The molecule has 1 aromatic rings. The van der Waals surface area contributed by atoms with Crippen LogP contribution in [-0.2, 0) is 17.9 Å². The molecule has 17 heavy (non-hydrogen) atoms. The summed E-state index contributed by atoms with van der Waals surface area (Å²) >= 11 is 0. The van der Waals surface area contributed by atoms with E-state index >= 15 is 0 Å². The van der Waals surface area contributed by atoms with E-state index < -0.39 is 6.09 Å². The summed E-state index contributed by atoms with van der Waals surface area (Å²) in [6.45, 7) is 2.92. The quantitative estimate of drug-likeness (QED) is 0.746. The maximum atomic E-state index is 11.3. The van der Waals surface area contributed by atoms with Crippen molar-refractivity contribution < 1.29 is 14.6 Å². The number of alkyl carbamates (subject to hydrolysis) is 1. The van der Waals surface area contributed by atoms with Gasteiger partial charge in [0.25, 0.3) is 0 Å². The van der Waals surface area contributed by atoms with Crippen LogP contribution in [0.2, 0.25) is 0 Å². The first-order valence-electron chi connectivity index (χ1n) is 5.85. The zero-order valence-corrected chi connectivity index (χ0v) is 10.1. The number of nitrogens with one attached hydrogen (secondary N) is 1. The van der Waals surface area contributed by atoms with Gasteiger partial charge in [-0.2, -0.15) is 0 Å². The van der Waals surface area contributed by atoms with Crippen molar-refractivity contribution >= 4 is 6.09 Å². The predicted molar refractivity (Wildman–Crippen MR) is 65.5 cm³/mol. The van der Waals surface area contributed by atoms with E-state index in [-0.39, 0.29) is 6.61 Å². The second-order valence-corrected chi connectivity index (χ2v) is 3.82. The molecule has 0 saturated carbocycles. The van der Waals surface area contributed by atoms with Gasteiger partial charge in [0, 0.05) is 6.54 Å². The van der Waals surface area contributed by atoms with E-state index in [0.717, 1.165) is 24.0 Å². The Morgan fingerprint density at radius 2 is 2.18 bits per heavy atom.